The fraction of sp³-hybridized carbons (Fsp3) is 1.00. The first-order valence-electron chi connectivity index (χ1n) is 6.99. The summed E-state index contributed by atoms with van der Waals surface area (Å²) in [5.41, 5.74) is 0.438. The normalized spacial score (nSPS) is 37.9. The van der Waals surface area contributed by atoms with Gasteiger partial charge in [0.2, 0.25) is 0 Å². The molecule has 0 amide bonds. The summed E-state index contributed by atoms with van der Waals surface area (Å²) in [7, 11) is 0. The SMILES string of the molecule is CC1CC(OCC2CNCCO2)CC(C)(C)C1. The molecule has 1 saturated carbocycles. The minimum Gasteiger partial charge on any atom is -0.375 e. The van der Waals surface area contributed by atoms with Gasteiger partial charge in [-0.05, 0) is 30.6 Å². The van der Waals surface area contributed by atoms with Gasteiger partial charge in [0.15, 0.2) is 0 Å². The van der Waals surface area contributed by atoms with Crippen molar-refractivity contribution in [1.82, 2.24) is 5.32 Å². The van der Waals surface area contributed by atoms with E-state index in [4.69, 9.17) is 9.47 Å². The van der Waals surface area contributed by atoms with Crippen molar-refractivity contribution in [2.24, 2.45) is 11.3 Å². The second-order valence-corrected chi connectivity index (χ2v) is 6.57. The highest BCUT2D eigenvalue weighted by Gasteiger charge is 2.32. The summed E-state index contributed by atoms with van der Waals surface area (Å²) in [6.45, 7) is 10.5. The van der Waals surface area contributed by atoms with Crippen molar-refractivity contribution in [1.29, 1.82) is 0 Å². The second kappa shape index (κ2) is 5.68. The van der Waals surface area contributed by atoms with Gasteiger partial charge in [-0.15, -0.1) is 0 Å². The molecule has 3 heteroatoms. The second-order valence-electron chi connectivity index (χ2n) is 6.57. The topological polar surface area (TPSA) is 30.5 Å². The Balaban J connectivity index is 1.74. The van der Waals surface area contributed by atoms with Crippen LogP contribution >= 0.6 is 0 Å². The van der Waals surface area contributed by atoms with E-state index in [1.807, 2.05) is 0 Å². The van der Waals surface area contributed by atoms with Gasteiger partial charge in [-0.3, -0.25) is 0 Å². The third kappa shape index (κ3) is 4.23. The van der Waals surface area contributed by atoms with Crippen molar-refractivity contribution in [3.8, 4) is 0 Å². The first-order chi connectivity index (χ1) is 8.05. The molecule has 1 N–H and O–H groups in total. The molecule has 0 radical (unpaired) electrons. The van der Waals surface area contributed by atoms with Crippen LogP contribution in [-0.4, -0.2) is 38.5 Å². The van der Waals surface area contributed by atoms with Gasteiger partial charge < -0.3 is 14.8 Å². The summed E-state index contributed by atoms with van der Waals surface area (Å²) < 4.78 is 11.7. The summed E-state index contributed by atoms with van der Waals surface area (Å²) >= 11 is 0. The van der Waals surface area contributed by atoms with Crippen LogP contribution in [-0.2, 0) is 9.47 Å². The predicted octanol–water partition coefficient (Wildman–Crippen LogP) is 2.21. The molecule has 0 aromatic carbocycles. The molecule has 17 heavy (non-hydrogen) atoms. The van der Waals surface area contributed by atoms with E-state index in [1.54, 1.807) is 0 Å². The lowest BCUT2D eigenvalue weighted by molar-refractivity contribution is -0.0816. The number of nitrogens with one attached hydrogen (secondary N) is 1. The van der Waals surface area contributed by atoms with E-state index < -0.39 is 0 Å². The zero-order valence-corrected chi connectivity index (χ0v) is 11.5. The number of ether oxygens (including phenoxy) is 2. The molecule has 2 rings (SSSR count). The molecule has 0 aromatic rings. The van der Waals surface area contributed by atoms with E-state index in [-0.39, 0.29) is 6.10 Å². The molecular formula is C14H27NO2. The van der Waals surface area contributed by atoms with Crippen molar-refractivity contribution >= 4 is 0 Å². The minimum absolute atomic E-state index is 0.254. The highest BCUT2D eigenvalue weighted by molar-refractivity contribution is 4.83. The molecule has 3 nitrogen and oxygen atoms in total. The van der Waals surface area contributed by atoms with Crippen LogP contribution in [0.2, 0.25) is 0 Å². The third-order valence-electron chi connectivity index (χ3n) is 3.87. The van der Waals surface area contributed by atoms with Gasteiger partial charge in [0, 0.05) is 13.1 Å². The van der Waals surface area contributed by atoms with Crippen LogP contribution in [0.25, 0.3) is 0 Å². The van der Waals surface area contributed by atoms with E-state index in [2.05, 4.69) is 26.1 Å². The molecule has 3 atom stereocenters. The van der Waals surface area contributed by atoms with Gasteiger partial charge >= 0.3 is 0 Å². The van der Waals surface area contributed by atoms with E-state index in [9.17, 15) is 0 Å². The summed E-state index contributed by atoms with van der Waals surface area (Å²) in [5, 5.41) is 3.34. The maximum atomic E-state index is 6.06. The van der Waals surface area contributed by atoms with Crippen LogP contribution in [0, 0.1) is 11.3 Å². The largest absolute Gasteiger partial charge is 0.375 e. The van der Waals surface area contributed by atoms with Gasteiger partial charge in [-0.25, -0.2) is 0 Å². The summed E-state index contributed by atoms with van der Waals surface area (Å²) in [5.74, 6) is 0.786. The number of hydrogen-bond donors (Lipinski definition) is 1. The summed E-state index contributed by atoms with van der Waals surface area (Å²) in [6.07, 6.45) is 4.42. The molecule has 2 fully saturated rings. The highest BCUT2D eigenvalue weighted by Crippen LogP contribution is 2.39. The first kappa shape index (κ1) is 13.3. The molecule has 3 unspecified atom stereocenters. The Morgan fingerprint density at radius 2 is 2.18 bits per heavy atom. The number of hydrogen-bond acceptors (Lipinski definition) is 3. The monoisotopic (exact) mass is 241 g/mol. The molecule has 1 aliphatic heterocycles. The van der Waals surface area contributed by atoms with Gasteiger partial charge in [0.05, 0.1) is 25.4 Å². The lowest BCUT2D eigenvalue weighted by atomic mass is 9.71. The van der Waals surface area contributed by atoms with Crippen molar-refractivity contribution in [2.45, 2.75) is 52.2 Å². The Labute approximate surface area is 105 Å². The zero-order valence-electron chi connectivity index (χ0n) is 11.5. The van der Waals surface area contributed by atoms with E-state index in [0.29, 0.717) is 11.5 Å². The number of morpholine rings is 1. The van der Waals surface area contributed by atoms with E-state index in [0.717, 1.165) is 32.2 Å². The average Bonchev–Trinajstić information content (AvgIpc) is 2.25. The Morgan fingerprint density at radius 3 is 2.82 bits per heavy atom. The Bertz CT molecular complexity index is 236. The molecule has 100 valence electrons. The summed E-state index contributed by atoms with van der Waals surface area (Å²) in [6, 6.07) is 0. The van der Waals surface area contributed by atoms with Crippen molar-refractivity contribution in [3.63, 3.8) is 0 Å². The quantitative estimate of drug-likeness (QED) is 0.822. The Morgan fingerprint density at radius 1 is 1.35 bits per heavy atom. The predicted molar refractivity (Wildman–Crippen MR) is 69.1 cm³/mol. The van der Waals surface area contributed by atoms with Crippen LogP contribution in [0.15, 0.2) is 0 Å². The molecule has 1 saturated heterocycles. The molecule has 1 aliphatic carbocycles. The molecule has 2 aliphatic rings. The average molecular weight is 241 g/mol. The van der Waals surface area contributed by atoms with E-state index >= 15 is 0 Å². The smallest absolute Gasteiger partial charge is 0.0933 e. The molecule has 0 bridgehead atoms. The maximum absolute atomic E-state index is 6.06. The van der Waals surface area contributed by atoms with Crippen LogP contribution in [0.5, 0.6) is 0 Å². The lowest BCUT2D eigenvalue weighted by Crippen LogP contribution is -2.42. The van der Waals surface area contributed by atoms with Crippen LogP contribution < -0.4 is 5.32 Å². The molecule has 1 heterocycles. The number of rotatable bonds is 3. The van der Waals surface area contributed by atoms with Crippen molar-refractivity contribution in [2.75, 3.05) is 26.3 Å². The fourth-order valence-electron chi connectivity index (χ4n) is 3.36. The Hall–Kier alpha value is -0.120. The van der Waals surface area contributed by atoms with Gasteiger partial charge in [0.25, 0.3) is 0 Å². The van der Waals surface area contributed by atoms with Crippen LogP contribution in [0.4, 0.5) is 0 Å². The van der Waals surface area contributed by atoms with Gasteiger partial charge in [-0.2, -0.15) is 0 Å². The first-order valence-corrected chi connectivity index (χ1v) is 6.99. The van der Waals surface area contributed by atoms with Gasteiger partial charge in [0.1, 0.15) is 0 Å². The van der Waals surface area contributed by atoms with Crippen LogP contribution in [0.1, 0.15) is 40.0 Å². The third-order valence-corrected chi connectivity index (χ3v) is 3.87. The van der Waals surface area contributed by atoms with Gasteiger partial charge in [-0.1, -0.05) is 20.8 Å². The summed E-state index contributed by atoms with van der Waals surface area (Å²) in [4.78, 5) is 0. The molecule has 0 aromatic heterocycles. The zero-order chi connectivity index (χ0) is 12.3. The lowest BCUT2D eigenvalue weighted by Gasteiger charge is -2.39. The van der Waals surface area contributed by atoms with Crippen LogP contribution in [0.3, 0.4) is 0 Å². The van der Waals surface area contributed by atoms with Crippen molar-refractivity contribution in [3.05, 3.63) is 0 Å². The van der Waals surface area contributed by atoms with E-state index in [1.165, 1.54) is 19.3 Å². The van der Waals surface area contributed by atoms with Crippen molar-refractivity contribution < 1.29 is 9.47 Å². The minimum atomic E-state index is 0.254. The molecule has 0 spiro atoms. The fourth-order valence-corrected chi connectivity index (χ4v) is 3.36. The highest BCUT2D eigenvalue weighted by atomic mass is 16.5. The Kier molecular flexibility index (Phi) is 4.45. The standard InChI is InChI=1S/C14H27NO2/c1-11-6-12(8-14(2,3)7-11)17-10-13-9-15-4-5-16-13/h11-13,15H,4-10H2,1-3H3. The maximum Gasteiger partial charge on any atom is 0.0933 e. The molecular weight excluding hydrogens is 214 g/mol.